The molecule has 1 fully saturated rings. The van der Waals surface area contributed by atoms with Gasteiger partial charge in [0, 0.05) is 19.6 Å². The second kappa shape index (κ2) is 6.28. The molecule has 2 aromatic rings. The van der Waals surface area contributed by atoms with Crippen molar-refractivity contribution in [3.63, 3.8) is 0 Å². The van der Waals surface area contributed by atoms with Gasteiger partial charge in [-0.2, -0.15) is 0 Å². The highest BCUT2D eigenvalue weighted by Crippen LogP contribution is 2.31. The molecule has 21 heavy (non-hydrogen) atoms. The number of aliphatic hydroxyl groups is 2. The van der Waals surface area contributed by atoms with Gasteiger partial charge in [-0.1, -0.05) is 0 Å². The molecule has 1 atom stereocenters. The van der Waals surface area contributed by atoms with Crippen molar-refractivity contribution >= 4 is 22.4 Å². The molecule has 1 aromatic carbocycles. The highest BCUT2D eigenvalue weighted by atomic mass is 16.6. The first kappa shape index (κ1) is 14.1. The zero-order valence-electron chi connectivity index (χ0n) is 11.8. The molecular weight excluding hydrogens is 272 g/mol. The summed E-state index contributed by atoms with van der Waals surface area (Å²) in [4.78, 5) is 2.31. The van der Waals surface area contributed by atoms with Crippen LogP contribution in [0.15, 0.2) is 16.8 Å². The van der Waals surface area contributed by atoms with Gasteiger partial charge in [0.05, 0.1) is 24.1 Å². The van der Waals surface area contributed by atoms with Gasteiger partial charge in [-0.05, 0) is 41.7 Å². The van der Waals surface area contributed by atoms with Crippen LogP contribution in [0.3, 0.4) is 0 Å². The van der Waals surface area contributed by atoms with E-state index in [0.29, 0.717) is 5.52 Å². The van der Waals surface area contributed by atoms with E-state index in [1.165, 1.54) is 19.3 Å². The minimum Gasteiger partial charge on any atom is -0.394 e. The van der Waals surface area contributed by atoms with E-state index in [9.17, 15) is 5.11 Å². The van der Waals surface area contributed by atoms with Gasteiger partial charge in [0.15, 0.2) is 11.0 Å². The lowest BCUT2D eigenvalue weighted by molar-refractivity contribution is 0.105. The predicted molar refractivity (Wildman–Crippen MR) is 79.5 cm³/mol. The summed E-state index contributed by atoms with van der Waals surface area (Å²) >= 11 is 0. The first-order valence-electron chi connectivity index (χ1n) is 7.32. The number of benzene rings is 1. The SMILES string of the molecule is OCC(O)CNc1ccc(N2CCCCC2)c2nonc12. The topological polar surface area (TPSA) is 94.7 Å². The Labute approximate surface area is 122 Å². The van der Waals surface area contributed by atoms with Gasteiger partial charge < -0.3 is 20.4 Å². The van der Waals surface area contributed by atoms with Crippen molar-refractivity contribution < 1.29 is 14.8 Å². The molecule has 0 radical (unpaired) electrons. The minimum absolute atomic E-state index is 0.252. The van der Waals surface area contributed by atoms with Crippen LogP contribution in [-0.2, 0) is 0 Å². The number of fused-ring (bicyclic) bond motifs is 1. The Morgan fingerprint density at radius 1 is 1.19 bits per heavy atom. The monoisotopic (exact) mass is 292 g/mol. The first-order valence-corrected chi connectivity index (χ1v) is 7.32. The molecule has 7 nitrogen and oxygen atoms in total. The van der Waals surface area contributed by atoms with E-state index >= 15 is 0 Å². The quantitative estimate of drug-likeness (QED) is 0.756. The van der Waals surface area contributed by atoms with Gasteiger partial charge in [0.1, 0.15) is 0 Å². The fraction of sp³-hybridized carbons (Fsp3) is 0.571. The maximum Gasteiger partial charge on any atom is 0.160 e. The number of anilines is 2. The van der Waals surface area contributed by atoms with Crippen molar-refractivity contribution in [3.8, 4) is 0 Å². The standard InChI is InChI=1S/C14H20N4O3/c19-9-10(20)8-15-11-4-5-12(14-13(11)16-21-17-14)18-6-2-1-3-7-18/h4-5,10,15,19-20H,1-3,6-9H2. The summed E-state index contributed by atoms with van der Waals surface area (Å²) in [5.74, 6) is 0. The van der Waals surface area contributed by atoms with Gasteiger partial charge in [0.25, 0.3) is 0 Å². The normalized spacial score (nSPS) is 17.1. The van der Waals surface area contributed by atoms with Crippen LogP contribution in [0.5, 0.6) is 0 Å². The highest BCUT2D eigenvalue weighted by molar-refractivity contribution is 5.96. The van der Waals surface area contributed by atoms with Gasteiger partial charge in [-0.15, -0.1) is 0 Å². The lowest BCUT2D eigenvalue weighted by Crippen LogP contribution is -2.29. The molecule has 0 aliphatic carbocycles. The van der Waals surface area contributed by atoms with Crippen LogP contribution >= 0.6 is 0 Å². The van der Waals surface area contributed by atoms with E-state index in [0.717, 1.165) is 30.0 Å². The van der Waals surface area contributed by atoms with Crippen LogP contribution in [0.4, 0.5) is 11.4 Å². The Balaban J connectivity index is 1.86. The van der Waals surface area contributed by atoms with E-state index in [1.807, 2.05) is 12.1 Å². The summed E-state index contributed by atoms with van der Waals surface area (Å²) in [7, 11) is 0. The molecule has 7 heteroatoms. The second-order valence-electron chi connectivity index (χ2n) is 5.36. The van der Waals surface area contributed by atoms with Crippen molar-refractivity contribution in [2.45, 2.75) is 25.4 Å². The lowest BCUT2D eigenvalue weighted by Gasteiger charge is -2.28. The summed E-state index contributed by atoms with van der Waals surface area (Å²) in [5.41, 5.74) is 3.18. The predicted octanol–water partition coefficient (Wildman–Crippen LogP) is 0.978. The molecule has 0 spiro atoms. The molecule has 1 aromatic heterocycles. The van der Waals surface area contributed by atoms with Crippen LogP contribution in [-0.4, -0.2) is 52.9 Å². The molecule has 0 bridgehead atoms. The average Bonchev–Trinajstić information content (AvgIpc) is 3.02. The Bertz CT molecular complexity index is 595. The summed E-state index contributed by atoms with van der Waals surface area (Å²) in [6.45, 7) is 2.02. The van der Waals surface area contributed by atoms with Crippen molar-refractivity contribution in [1.82, 2.24) is 10.3 Å². The molecule has 1 aliphatic rings. The molecule has 2 heterocycles. The van der Waals surface area contributed by atoms with Gasteiger partial charge in [-0.3, -0.25) is 0 Å². The fourth-order valence-electron chi connectivity index (χ4n) is 2.68. The Hall–Kier alpha value is -1.86. The third-order valence-corrected chi connectivity index (χ3v) is 3.83. The largest absolute Gasteiger partial charge is 0.394 e. The van der Waals surface area contributed by atoms with Crippen LogP contribution in [0, 0.1) is 0 Å². The van der Waals surface area contributed by atoms with Gasteiger partial charge in [0.2, 0.25) is 0 Å². The average molecular weight is 292 g/mol. The Morgan fingerprint density at radius 3 is 2.71 bits per heavy atom. The number of nitrogens with zero attached hydrogens (tertiary/aromatic N) is 3. The van der Waals surface area contributed by atoms with E-state index in [4.69, 9.17) is 9.74 Å². The molecule has 1 aliphatic heterocycles. The smallest absolute Gasteiger partial charge is 0.160 e. The third-order valence-electron chi connectivity index (χ3n) is 3.83. The van der Waals surface area contributed by atoms with Crippen molar-refractivity contribution in [2.75, 3.05) is 36.5 Å². The van der Waals surface area contributed by atoms with Crippen molar-refractivity contribution in [2.24, 2.45) is 0 Å². The van der Waals surface area contributed by atoms with Crippen molar-refractivity contribution in [3.05, 3.63) is 12.1 Å². The first-order chi connectivity index (χ1) is 10.3. The van der Waals surface area contributed by atoms with E-state index in [-0.39, 0.29) is 13.2 Å². The third kappa shape index (κ3) is 2.93. The number of rotatable bonds is 5. The van der Waals surface area contributed by atoms with Crippen molar-refractivity contribution in [1.29, 1.82) is 0 Å². The molecule has 114 valence electrons. The van der Waals surface area contributed by atoms with Gasteiger partial charge >= 0.3 is 0 Å². The molecule has 3 N–H and O–H groups in total. The maximum atomic E-state index is 9.42. The number of piperidine rings is 1. The number of aliphatic hydroxyl groups excluding tert-OH is 2. The maximum absolute atomic E-state index is 9.42. The summed E-state index contributed by atoms with van der Waals surface area (Å²) in [6, 6.07) is 3.92. The minimum atomic E-state index is -0.804. The highest BCUT2D eigenvalue weighted by Gasteiger charge is 2.18. The summed E-state index contributed by atoms with van der Waals surface area (Å²) in [5, 5.41) is 29.3. The molecule has 3 rings (SSSR count). The molecular formula is C14H20N4O3. The van der Waals surface area contributed by atoms with Crippen LogP contribution < -0.4 is 10.2 Å². The molecule has 0 amide bonds. The van der Waals surface area contributed by atoms with Crippen LogP contribution in [0.2, 0.25) is 0 Å². The Kier molecular flexibility index (Phi) is 4.21. The zero-order chi connectivity index (χ0) is 14.7. The molecule has 1 saturated heterocycles. The second-order valence-corrected chi connectivity index (χ2v) is 5.36. The fourth-order valence-corrected chi connectivity index (χ4v) is 2.68. The van der Waals surface area contributed by atoms with E-state index in [2.05, 4.69) is 20.5 Å². The van der Waals surface area contributed by atoms with E-state index in [1.54, 1.807) is 0 Å². The van der Waals surface area contributed by atoms with Crippen LogP contribution in [0.25, 0.3) is 11.0 Å². The summed E-state index contributed by atoms with van der Waals surface area (Å²) in [6.07, 6.45) is 2.85. The number of hydrogen-bond acceptors (Lipinski definition) is 7. The zero-order valence-corrected chi connectivity index (χ0v) is 11.8. The number of aromatic nitrogens is 2. The Morgan fingerprint density at radius 2 is 1.95 bits per heavy atom. The summed E-state index contributed by atoms with van der Waals surface area (Å²) < 4.78 is 4.89. The number of nitrogens with one attached hydrogen (secondary N) is 1. The molecule has 0 saturated carbocycles. The van der Waals surface area contributed by atoms with Crippen LogP contribution in [0.1, 0.15) is 19.3 Å². The molecule has 1 unspecified atom stereocenters. The number of hydrogen-bond donors (Lipinski definition) is 3. The van der Waals surface area contributed by atoms with E-state index < -0.39 is 6.10 Å². The lowest BCUT2D eigenvalue weighted by atomic mass is 10.1. The van der Waals surface area contributed by atoms with Gasteiger partial charge in [-0.25, -0.2) is 4.63 Å².